The van der Waals surface area contributed by atoms with Gasteiger partial charge in [-0.1, -0.05) is 6.07 Å². The molecule has 0 bridgehead atoms. The second kappa shape index (κ2) is 8.53. The minimum absolute atomic E-state index is 0.256. The van der Waals surface area contributed by atoms with Gasteiger partial charge in [-0.25, -0.2) is 9.07 Å². The molecule has 2 heterocycles. The summed E-state index contributed by atoms with van der Waals surface area (Å²) in [6.45, 7) is -1.06. The lowest BCUT2D eigenvalue weighted by Crippen LogP contribution is -2.43. The SMILES string of the molecule is N#Cc1nn(CC(O)CO)cc1C(O)(c1ccc2c(cnn2-c2ccc(F)cc2)c1)C(F)(F)F. The van der Waals surface area contributed by atoms with E-state index in [1.165, 1.54) is 47.3 Å². The van der Waals surface area contributed by atoms with Gasteiger partial charge in [0.25, 0.3) is 0 Å². The van der Waals surface area contributed by atoms with E-state index in [4.69, 9.17) is 5.11 Å². The van der Waals surface area contributed by atoms with Crippen molar-refractivity contribution in [2.45, 2.75) is 24.4 Å². The summed E-state index contributed by atoms with van der Waals surface area (Å²) in [4.78, 5) is 0. The smallest absolute Gasteiger partial charge is 0.394 e. The normalized spacial score (nSPS) is 14.6. The molecule has 4 rings (SSSR count). The molecule has 0 aliphatic rings. The van der Waals surface area contributed by atoms with Gasteiger partial charge in [-0.2, -0.15) is 28.6 Å². The van der Waals surface area contributed by atoms with Crippen LogP contribution in [0, 0.1) is 17.1 Å². The molecule has 2 aromatic carbocycles. The molecule has 12 heteroatoms. The summed E-state index contributed by atoms with van der Waals surface area (Å²) in [6.07, 6.45) is -4.46. The summed E-state index contributed by atoms with van der Waals surface area (Å²) in [5, 5.41) is 47.1. The minimum atomic E-state index is -5.25. The number of halogens is 4. The third kappa shape index (κ3) is 3.90. The van der Waals surface area contributed by atoms with Gasteiger partial charge in [0.2, 0.25) is 5.60 Å². The molecule has 2 aromatic heterocycles. The first-order valence-corrected chi connectivity index (χ1v) is 9.88. The number of hydrogen-bond donors (Lipinski definition) is 3. The van der Waals surface area contributed by atoms with Crippen LogP contribution in [-0.4, -0.2) is 53.8 Å². The first-order chi connectivity index (χ1) is 16.1. The van der Waals surface area contributed by atoms with Crippen molar-refractivity contribution in [2.24, 2.45) is 0 Å². The fourth-order valence-corrected chi connectivity index (χ4v) is 3.65. The first kappa shape index (κ1) is 23.4. The summed E-state index contributed by atoms with van der Waals surface area (Å²) >= 11 is 0. The van der Waals surface area contributed by atoms with Crippen molar-refractivity contribution in [2.75, 3.05) is 6.61 Å². The predicted molar refractivity (Wildman–Crippen MR) is 110 cm³/mol. The van der Waals surface area contributed by atoms with Crippen LogP contribution < -0.4 is 0 Å². The lowest BCUT2D eigenvalue weighted by molar-refractivity contribution is -0.248. The fraction of sp³-hybridized carbons (Fsp3) is 0.227. The van der Waals surface area contributed by atoms with E-state index in [-0.39, 0.29) is 11.9 Å². The Bertz CT molecular complexity index is 1370. The highest BCUT2D eigenvalue weighted by molar-refractivity contribution is 5.81. The third-order valence-electron chi connectivity index (χ3n) is 5.33. The Hall–Kier alpha value is -3.79. The second-order valence-corrected chi connectivity index (χ2v) is 7.58. The average Bonchev–Trinajstić information content (AvgIpc) is 3.42. The summed E-state index contributed by atoms with van der Waals surface area (Å²) in [5.41, 5.74) is -4.81. The quantitative estimate of drug-likeness (QED) is 0.369. The van der Waals surface area contributed by atoms with Crippen LogP contribution in [0.3, 0.4) is 0 Å². The van der Waals surface area contributed by atoms with E-state index in [0.29, 0.717) is 11.2 Å². The Morgan fingerprint density at radius 1 is 1.12 bits per heavy atom. The highest BCUT2D eigenvalue weighted by Crippen LogP contribution is 2.45. The molecule has 2 unspecified atom stereocenters. The molecule has 176 valence electrons. The number of nitrogens with zero attached hydrogens (tertiary/aromatic N) is 5. The maximum absolute atomic E-state index is 14.3. The van der Waals surface area contributed by atoms with Crippen LogP contribution >= 0.6 is 0 Å². The van der Waals surface area contributed by atoms with Crippen molar-refractivity contribution >= 4 is 10.9 Å². The van der Waals surface area contributed by atoms with Crippen molar-refractivity contribution < 1.29 is 32.9 Å². The van der Waals surface area contributed by atoms with Crippen LogP contribution in [0.2, 0.25) is 0 Å². The maximum Gasteiger partial charge on any atom is 0.425 e. The Balaban J connectivity index is 1.85. The monoisotopic (exact) mass is 475 g/mol. The first-order valence-electron chi connectivity index (χ1n) is 9.88. The molecule has 0 saturated carbocycles. The topological polar surface area (TPSA) is 120 Å². The molecule has 0 radical (unpaired) electrons. The lowest BCUT2D eigenvalue weighted by Gasteiger charge is -2.30. The minimum Gasteiger partial charge on any atom is -0.394 e. The van der Waals surface area contributed by atoms with Gasteiger partial charge in [0.1, 0.15) is 11.9 Å². The van der Waals surface area contributed by atoms with Gasteiger partial charge in [-0.3, -0.25) is 4.68 Å². The molecule has 0 fully saturated rings. The predicted octanol–water partition coefficient (Wildman–Crippen LogP) is 2.38. The standard InChI is InChI=1S/C22H17F4N5O3/c23-15-2-4-16(5-3-15)31-20-6-1-14(7-13(20)9-28-31)21(34,22(24,25)26)18-11-30(10-17(33)12-32)29-19(18)8-27/h1-7,9,11,17,32-34H,10,12H2. The molecule has 2 atom stereocenters. The summed E-state index contributed by atoms with van der Waals surface area (Å²) in [7, 11) is 0. The van der Waals surface area contributed by atoms with Crippen molar-refractivity contribution in [1.29, 1.82) is 5.26 Å². The number of nitriles is 1. The molecule has 0 aliphatic heterocycles. The number of alkyl halides is 3. The van der Waals surface area contributed by atoms with Gasteiger partial charge < -0.3 is 15.3 Å². The van der Waals surface area contributed by atoms with Crippen LogP contribution in [0.1, 0.15) is 16.8 Å². The summed E-state index contributed by atoms with van der Waals surface area (Å²) in [6, 6.07) is 10.4. The van der Waals surface area contributed by atoms with Gasteiger partial charge in [0, 0.05) is 11.6 Å². The van der Waals surface area contributed by atoms with E-state index in [1.54, 1.807) is 0 Å². The number of aliphatic hydroxyl groups is 3. The third-order valence-corrected chi connectivity index (χ3v) is 5.33. The van der Waals surface area contributed by atoms with Crippen LogP contribution in [-0.2, 0) is 12.1 Å². The zero-order chi connectivity index (χ0) is 24.7. The van der Waals surface area contributed by atoms with Crippen LogP contribution in [0.15, 0.2) is 54.9 Å². The Morgan fingerprint density at radius 2 is 1.82 bits per heavy atom. The Labute approximate surface area is 189 Å². The van der Waals surface area contributed by atoms with Crippen LogP contribution in [0.4, 0.5) is 17.6 Å². The highest BCUT2D eigenvalue weighted by atomic mass is 19.4. The largest absolute Gasteiger partial charge is 0.425 e. The van der Waals surface area contributed by atoms with E-state index in [2.05, 4.69) is 10.2 Å². The number of benzene rings is 2. The van der Waals surface area contributed by atoms with Crippen molar-refractivity contribution in [1.82, 2.24) is 19.6 Å². The second-order valence-electron chi connectivity index (χ2n) is 7.58. The fourth-order valence-electron chi connectivity index (χ4n) is 3.65. The zero-order valence-corrected chi connectivity index (χ0v) is 17.3. The summed E-state index contributed by atoms with van der Waals surface area (Å²) < 4.78 is 58.4. The molecule has 0 amide bonds. The van der Waals surface area contributed by atoms with E-state index in [9.17, 15) is 33.0 Å². The van der Waals surface area contributed by atoms with Gasteiger partial charge in [0.05, 0.1) is 42.2 Å². The van der Waals surface area contributed by atoms with E-state index < -0.39 is 47.1 Å². The van der Waals surface area contributed by atoms with Gasteiger partial charge in [-0.15, -0.1) is 0 Å². The van der Waals surface area contributed by atoms with Crippen LogP contribution in [0.25, 0.3) is 16.6 Å². The van der Waals surface area contributed by atoms with Crippen LogP contribution in [0.5, 0.6) is 0 Å². The van der Waals surface area contributed by atoms with Gasteiger partial charge in [0.15, 0.2) is 5.69 Å². The molecule has 34 heavy (non-hydrogen) atoms. The maximum atomic E-state index is 14.3. The summed E-state index contributed by atoms with van der Waals surface area (Å²) in [5.74, 6) is -0.460. The van der Waals surface area contributed by atoms with Gasteiger partial charge in [-0.05, 0) is 42.0 Å². The number of hydrogen-bond acceptors (Lipinski definition) is 6. The van der Waals surface area contributed by atoms with Crippen molar-refractivity contribution in [3.8, 4) is 11.8 Å². The molecule has 0 aliphatic carbocycles. The molecule has 8 nitrogen and oxygen atoms in total. The lowest BCUT2D eigenvalue weighted by atomic mass is 9.85. The van der Waals surface area contributed by atoms with Gasteiger partial charge >= 0.3 is 6.18 Å². The molecule has 4 aromatic rings. The van der Waals surface area contributed by atoms with E-state index in [1.807, 2.05) is 0 Å². The number of aliphatic hydroxyl groups excluding tert-OH is 2. The Morgan fingerprint density at radius 3 is 2.44 bits per heavy atom. The highest BCUT2D eigenvalue weighted by Gasteiger charge is 2.58. The van der Waals surface area contributed by atoms with Crippen molar-refractivity contribution in [3.63, 3.8) is 0 Å². The number of aromatic nitrogens is 4. The molecular weight excluding hydrogens is 458 g/mol. The van der Waals surface area contributed by atoms with Crippen molar-refractivity contribution in [3.05, 3.63) is 77.5 Å². The molecule has 0 saturated heterocycles. The number of fused-ring (bicyclic) bond motifs is 1. The molecule has 3 N–H and O–H groups in total. The average molecular weight is 475 g/mol. The molecular formula is C22H17F4N5O3. The Kier molecular flexibility index (Phi) is 5.86. The van der Waals surface area contributed by atoms with E-state index in [0.717, 1.165) is 23.0 Å². The molecule has 0 spiro atoms. The zero-order valence-electron chi connectivity index (χ0n) is 17.3. The number of rotatable bonds is 6. The van der Waals surface area contributed by atoms with E-state index >= 15 is 0 Å².